The molecule has 3 N–H and O–H groups in total. The number of amidine groups is 1. The van der Waals surface area contributed by atoms with Crippen LogP contribution < -0.4 is 15.8 Å². The van der Waals surface area contributed by atoms with Crippen molar-refractivity contribution in [3.05, 3.63) is 78.0 Å². The van der Waals surface area contributed by atoms with Gasteiger partial charge in [-0.05, 0) is 99.0 Å². The Morgan fingerprint density at radius 1 is 1.00 bits per heavy atom. The summed E-state index contributed by atoms with van der Waals surface area (Å²) >= 11 is 0. The van der Waals surface area contributed by atoms with Gasteiger partial charge in [-0.2, -0.15) is 5.11 Å². The Morgan fingerprint density at radius 2 is 1.74 bits per heavy atom. The molecule has 9 heteroatoms. The number of aromatic nitrogens is 1. The van der Waals surface area contributed by atoms with Crippen LogP contribution in [0.15, 0.2) is 82.1 Å². The second-order valence-electron chi connectivity index (χ2n) is 10.9. The Bertz CT molecular complexity index is 1430. The van der Waals surface area contributed by atoms with Crippen molar-refractivity contribution in [1.82, 2.24) is 4.98 Å². The molecule has 5 rings (SSSR count). The molecule has 0 unspecified atom stereocenters. The number of pyridine rings is 1. The fraction of sp³-hybridized carbons (Fsp3) is 0.394. The van der Waals surface area contributed by atoms with Crippen LogP contribution in [0.2, 0.25) is 0 Å². The van der Waals surface area contributed by atoms with E-state index in [9.17, 15) is 9.59 Å². The molecule has 1 aliphatic carbocycles. The molecule has 3 aromatic rings. The van der Waals surface area contributed by atoms with Crippen molar-refractivity contribution in [3.8, 4) is 17.0 Å². The molecule has 1 fully saturated rings. The quantitative estimate of drug-likeness (QED) is 0.284. The summed E-state index contributed by atoms with van der Waals surface area (Å²) in [5.74, 6) is 1.17. The molecular weight excluding hydrogens is 528 g/mol. The van der Waals surface area contributed by atoms with Gasteiger partial charge in [-0.25, -0.2) is 9.98 Å². The topological polar surface area (TPSA) is 131 Å². The Labute approximate surface area is 246 Å². The fourth-order valence-corrected chi connectivity index (χ4v) is 5.68. The molecule has 1 saturated carbocycles. The zero-order chi connectivity index (χ0) is 29.3. The molecule has 2 aliphatic rings. The number of azo groups is 1. The highest BCUT2D eigenvalue weighted by Crippen LogP contribution is 2.32. The number of nitrogens with zero attached hydrogens (tertiary/aromatic N) is 4. The van der Waals surface area contributed by atoms with Gasteiger partial charge in [-0.3, -0.25) is 9.59 Å². The van der Waals surface area contributed by atoms with Crippen molar-refractivity contribution in [2.75, 3.05) is 25.1 Å². The Hall–Kier alpha value is -4.24. The second-order valence-corrected chi connectivity index (χ2v) is 10.9. The number of hydrogen-bond donors (Lipinski definition) is 2. The highest BCUT2D eigenvalue weighted by Gasteiger charge is 2.30. The van der Waals surface area contributed by atoms with Crippen LogP contribution in [0.1, 0.15) is 50.2 Å². The molecule has 1 amide bonds. The minimum absolute atomic E-state index is 0.00585. The summed E-state index contributed by atoms with van der Waals surface area (Å²) < 4.78 is 5.70. The van der Waals surface area contributed by atoms with Crippen LogP contribution in [0.5, 0.6) is 5.88 Å². The Balaban J connectivity index is 1.31. The number of hydrogen-bond acceptors (Lipinski definition) is 8. The van der Waals surface area contributed by atoms with Gasteiger partial charge in [0.05, 0.1) is 6.61 Å². The van der Waals surface area contributed by atoms with E-state index < -0.39 is 5.92 Å². The summed E-state index contributed by atoms with van der Waals surface area (Å²) in [6, 6.07) is 19.3. The molecule has 2 aromatic carbocycles. The third kappa shape index (κ3) is 7.33. The third-order valence-corrected chi connectivity index (χ3v) is 8.11. The first kappa shape index (κ1) is 29.3. The Kier molecular flexibility index (Phi) is 9.82. The zero-order valence-corrected chi connectivity index (χ0v) is 24.0. The average Bonchev–Trinajstić information content (AvgIpc) is 3.57. The van der Waals surface area contributed by atoms with E-state index in [4.69, 9.17) is 10.5 Å². The summed E-state index contributed by atoms with van der Waals surface area (Å²) in [4.78, 5) is 35.6. The number of carbonyl (C=O) groups excluding carboxylic acids is 2. The maximum absolute atomic E-state index is 13.6. The normalized spacial score (nSPS) is 18.8. The number of ketones is 1. The van der Waals surface area contributed by atoms with Gasteiger partial charge in [0.2, 0.25) is 11.8 Å². The van der Waals surface area contributed by atoms with E-state index in [-0.39, 0.29) is 24.0 Å². The standard InChI is InChI=1S/C33H38N6O3/c1-2-42-33-29(4-3-17-35-33)24-9-5-22(6-10-24)18-27(19-30(40)25-11-7-23(20-34)8-12-25)32(41)38-28-15-13-26(14-16-28)31-36-21-37-39-31/h3-6,9-10,13-17,23,25,27H,2,7-8,11-12,18-21,34H2,1H3,(H,38,41)/t23?,25?,27-/m1/s1. The molecular formula is C33H38N6O3. The lowest BCUT2D eigenvalue weighted by Gasteiger charge is -2.27. The van der Waals surface area contributed by atoms with Crippen molar-refractivity contribution in [1.29, 1.82) is 0 Å². The fourth-order valence-electron chi connectivity index (χ4n) is 5.68. The van der Waals surface area contributed by atoms with E-state index in [2.05, 4.69) is 25.5 Å². The van der Waals surface area contributed by atoms with Crippen LogP contribution in [0, 0.1) is 17.8 Å². The molecule has 0 saturated heterocycles. The Morgan fingerprint density at radius 3 is 2.40 bits per heavy atom. The number of ether oxygens (including phenoxy) is 1. The number of carbonyl (C=O) groups is 2. The van der Waals surface area contributed by atoms with Crippen LogP contribution in [0.4, 0.5) is 5.69 Å². The first-order chi connectivity index (χ1) is 20.5. The number of rotatable bonds is 12. The van der Waals surface area contributed by atoms with Gasteiger partial charge in [0.25, 0.3) is 0 Å². The van der Waals surface area contributed by atoms with Gasteiger partial charge in [0.1, 0.15) is 5.78 Å². The van der Waals surface area contributed by atoms with Crippen molar-refractivity contribution in [2.45, 2.75) is 45.4 Å². The highest BCUT2D eigenvalue weighted by molar-refractivity contribution is 6.01. The third-order valence-electron chi connectivity index (χ3n) is 8.11. The van der Waals surface area contributed by atoms with Gasteiger partial charge in [-0.15, -0.1) is 5.11 Å². The summed E-state index contributed by atoms with van der Waals surface area (Å²) in [5, 5.41) is 11.0. The number of benzene rings is 2. The molecule has 42 heavy (non-hydrogen) atoms. The maximum Gasteiger partial charge on any atom is 0.228 e. The van der Waals surface area contributed by atoms with Crippen molar-refractivity contribution >= 4 is 23.2 Å². The largest absolute Gasteiger partial charge is 0.478 e. The lowest BCUT2D eigenvalue weighted by Crippen LogP contribution is -2.31. The van der Waals surface area contributed by atoms with E-state index >= 15 is 0 Å². The number of aliphatic imine (C=N–C) groups is 1. The predicted molar refractivity (Wildman–Crippen MR) is 163 cm³/mol. The van der Waals surface area contributed by atoms with Crippen LogP contribution in [-0.4, -0.2) is 42.3 Å². The summed E-state index contributed by atoms with van der Waals surface area (Å²) in [5.41, 5.74) is 10.2. The molecule has 9 nitrogen and oxygen atoms in total. The van der Waals surface area contributed by atoms with Gasteiger partial charge >= 0.3 is 0 Å². The van der Waals surface area contributed by atoms with E-state index in [0.29, 0.717) is 49.6 Å². The molecule has 0 bridgehead atoms. The first-order valence-corrected chi connectivity index (χ1v) is 14.8. The number of amides is 1. The number of nitrogens with two attached hydrogens (primary N) is 1. The average molecular weight is 567 g/mol. The molecule has 0 spiro atoms. The van der Waals surface area contributed by atoms with Gasteiger partial charge in [0.15, 0.2) is 12.5 Å². The van der Waals surface area contributed by atoms with E-state index in [1.165, 1.54) is 0 Å². The lowest BCUT2D eigenvalue weighted by molar-refractivity contribution is -0.129. The van der Waals surface area contributed by atoms with E-state index in [1.807, 2.05) is 67.6 Å². The zero-order valence-electron chi connectivity index (χ0n) is 24.0. The lowest BCUT2D eigenvalue weighted by atomic mass is 9.77. The maximum atomic E-state index is 13.6. The summed E-state index contributed by atoms with van der Waals surface area (Å²) in [7, 11) is 0. The van der Waals surface area contributed by atoms with Crippen molar-refractivity contribution < 1.29 is 14.3 Å². The van der Waals surface area contributed by atoms with E-state index in [1.54, 1.807) is 6.20 Å². The second kappa shape index (κ2) is 14.1. The summed E-state index contributed by atoms with van der Waals surface area (Å²) in [6.45, 7) is 3.47. The van der Waals surface area contributed by atoms with Crippen LogP contribution in [0.3, 0.4) is 0 Å². The molecule has 2 heterocycles. The molecule has 1 atom stereocenters. The molecule has 0 radical (unpaired) electrons. The SMILES string of the molecule is CCOc1ncccc1-c1ccc(C[C@H](CC(=O)C2CCC(CN)CC2)C(=O)Nc2ccc(C3=NCN=N3)cc2)cc1. The minimum Gasteiger partial charge on any atom is -0.478 e. The smallest absolute Gasteiger partial charge is 0.228 e. The van der Waals surface area contributed by atoms with Crippen LogP contribution in [0.25, 0.3) is 11.1 Å². The number of Topliss-reactive ketones (excluding diaryl/α,β-unsaturated/α-hetero) is 1. The van der Waals surface area contributed by atoms with Gasteiger partial charge in [0, 0.05) is 41.3 Å². The molecule has 1 aliphatic heterocycles. The number of anilines is 1. The van der Waals surface area contributed by atoms with Crippen LogP contribution in [-0.2, 0) is 16.0 Å². The van der Waals surface area contributed by atoms with Crippen LogP contribution >= 0.6 is 0 Å². The molecule has 218 valence electrons. The van der Waals surface area contributed by atoms with Crippen molar-refractivity contribution in [3.63, 3.8) is 0 Å². The summed E-state index contributed by atoms with van der Waals surface area (Å²) in [6.07, 6.45) is 6.02. The first-order valence-electron chi connectivity index (χ1n) is 14.8. The van der Waals surface area contributed by atoms with Gasteiger partial charge in [-0.1, -0.05) is 24.3 Å². The predicted octanol–water partition coefficient (Wildman–Crippen LogP) is 5.84. The highest BCUT2D eigenvalue weighted by atomic mass is 16.5. The molecule has 1 aromatic heterocycles. The minimum atomic E-state index is -0.499. The van der Waals surface area contributed by atoms with Crippen molar-refractivity contribution in [2.24, 2.45) is 38.7 Å². The monoisotopic (exact) mass is 566 g/mol. The van der Waals surface area contributed by atoms with Gasteiger partial charge < -0.3 is 15.8 Å². The van der Waals surface area contributed by atoms with E-state index in [0.717, 1.165) is 47.9 Å². The number of nitrogens with one attached hydrogen (secondary N) is 1.